The maximum Gasteiger partial charge on any atom is 0.162 e. The third-order valence-corrected chi connectivity index (χ3v) is 5.38. The molecule has 0 saturated carbocycles. The van der Waals surface area contributed by atoms with Crippen LogP contribution in [0.15, 0.2) is 79.1 Å². The lowest BCUT2D eigenvalue weighted by Crippen LogP contribution is -2.06. The van der Waals surface area contributed by atoms with Gasteiger partial charge in [-0.2, -0.15) is 0 Å². The third-order valence-electron chi connectivity index (χ3n) is 5.38. The predicted molar refractivity (Wildman–Crippen MR) is 123 cm³/mol. The second-order valence-corrected chi connectivity index (χ2v) is 7.23. The number of benzene rings is 3. The summed E-state index contributed by atoms with van der Waals surface area (Å²) in [7, 11) is 3.24. The molecule has 154 valence electrons. The Morgan fingerprint density at radius 2 is 1.58 bits per heavy atom. The van der Waals surface area contributed by atoms with Crippen LogP contribution in [0.3, 0.4) is 0 Å². The Morgan fingerprint density at radius 3 is 2.39 bits per heavy atom. The van der Waals surface area contributed by atoms with Crippen molar-refractivity contribution in [3.8, 4) is 11.5 Å². The van der Waals surface area contributed by atoms with Gasteiger partial charge in [0, 0.05) is 23.4 Å². The van der Waals surface area contributed by atoms with E-state index in [4.69, 9.17) is 9.47 Å². The van der Waals surface area contributed by atoms with E-state index in [-0.39, 0.29) is 0 Å². The van der Waals surface area contributed by atoms with Crippen molar-refractivity contribution in [2.45, 2.75) is 6.54 Å². The average molecular weight is 410 g/mol. The summed E-state index contributed by atoms with van der Waals surface area (Å²) in [6.45, 7) is 0.747. The van der Waals surface area contributed by atoms with Crippen molar-refractivity contribution in [2.75, 3.05) is 19.5 Å². The molecule has 0 aliphatic heterocycles. The largest absolute Gasteiger partial charge is 0.493 e. The van der Waals surface area contributed by atoms with Crippen molar-refractivity contribution >= 4 is 33.4 Å². The Hall–Kier alpha value is -4.06. The van der Waals surface area contributed by atoms with Crippen molar-refractivity contribution in [1.82, 2.24) is 14.5 Å². The average Bonchev–Trinajstić information content (AvgIpc) is 3.16. The van der Waals surface area contributed by atoms with E-state index in [1.54, 1.807) is 20.5 Å². The van der Waals surface area contributed by atoms with Gasteiger partial charge >= 0.3 is 0 Å². The number of hydrogen-bond donors (Lipinski definition) is 1. The highest BCUT2D eigenvalue weighted by molar-refractivity contribution is 5.94. The summed E-state index contributed by atoms with van der Waals surface area (Å²) in [6, 6.07) is 24.7. The predicted octanol–water partition coefficient (Wildman–Crippen LogP) is 5.39. The van der Waals surface area contributed by atoms with Crippen LogP contribution in [0.1, 0.15) is 5.56 Å². The number of nitrogens with one attached hydrogen (secondary N) is 1. The van der Waals surface area contributed by atoms with E-state index in [1.807, 2.05) is 18.2 Å². The molecule has 6 heteroatoms. The quantitative estimate of drug-likeness (QED) is 0.406. The summed E-state index contributed by atoms with van der Waals surface area (Å²) in [5, 5.41) is 5.55. The third kappa shape index (κ3) is 3.53. The molecule has 0 radical (unpaired) electrons. The molecule has 0 saturated heterocycles. The Morgan fingerprint density at radius 1 is 0.839 bits per heavy atom. The van der Waals surface area contributed by atoms with Crippen LogP contribution in [-0.4, -0.2) is 28.8 Å². The van der Waals surface area contributed by atoms with Crippen molar-refractivity contribution < 1.29 is 9.47 Å². The molecule has 2 heterocycles. The van der Waals surface area contributed by atoms with Crippen LogP contribution >= 0.6 is 0 Å². The van der Waals surface area contributed by atoms with Gasteiger partial charge in [0.15, 0.2) is 11.5 Å². The molecule has 6 nitrogen and oxygen atoms in total. The topological polar surface area (TPSA) is 61.2 Å². The first-order valence-corrected chi connectivity index (χ1v) is 10.0. The minimum atomic E-state index is 0.637. The number of nitrogens with zero attached hydrogens (tertiary/aromatic N) is 3. The summed E-state index contributed by atoms with van der Waals surface area (Å²) < 4.78 is 13.2. The van der Waals surface area contributed by atoms with E-state index in [0.717, 1.165) is 28.8 Å². The lowest BCUT2D eigenvalue weighted by atomic mass is 10.2. The van der Waals surface area contributed by atoms with Gasteiger partial charge in [-0.15, -0.1) is 0 Å². The van der Waals surface area contributed by atoms with Crippen LogP contribution in [-0.2, 0) is 6.54 Å². The molecule has 1 N–H and O–H groups in total. The van der Waals surface area contributed by atoms with E-state index in [2.05, 4.69) is 74.4 Å². The van der Waals surface area contributed by atoms with Gasteiger partial charge in [0.1, 0.15) is 18.0 Å². The maximum atomic E-state index is 5.49. The molecule has 0 atom stereocenters. The first kappa shape index (κ1) is 18.9. The minimum absolute atomic E-state index is 0.637. The molecule has 0 aliphatic carbocycles. The van der Waals surface area contributed by atoms with Crippen molar-refractivity contribution in [3.05, 3.63) is 84.7 Å². The Kier molecular flexibility index (Phi) is 4.88. The number of hydrogen-bond acceptors (Lipinski definition) is 5. The highest BCUT2D eigenvalue weighted by Gasteiger charge is 2.14. The molecule has 2 aromatic heterocycles. The number of anilines is 2. The number of rotatable bonds is 6. The van der Waals surface area contributed by atoms with Crippen LogP contribution in [0.4, 0.5) is 11.6 Å². The Bertz CT molecular complexity index is 1360. The zero-order chi connectivity index (χ0) is 21.2. The minimum Gasteiger partial charge on any atom is -0.493 e. The lowest BCUT2D eigenvalue weighted by Gasteiger charge is -2.14. The van der Waals surface area contributed by atoms with Gasteiger partial charge in [0.25, 0.3) is 0 Å². The number of aromatic nitrogens is 3. The second-order valence-electron chi connectivity index (χ2n) is 7.23. The van der Waals surface area contributed by atoms with Gasteiger partial charge in [0.2, 0.25) is 0 Å². The summed E-state index contributed by atoms with van der Waals surface area (Å²) in [5.41, 5.74) is 3.16. The lowest BCUT2D eigenvalue weighted by molar-refractivity contribution is 0.356. The molecule has 5 rings (SSSR count). The van der Waals surface area contributed by atoms with Gasteiger partial charge in [-0.1, -0.05) is 48.5 Å². The number of methoxy groups -OCH3 is 2. The van der Waals surface area contributed by atoms with Crippen molar-refractivity contribution in [2.24, 2.45) is 0 Å². The number of fused-ring (bicyclic) bond motifs is 2. The first-order chi connectivity index (χ1) is 15.3. The highest BCUT2D eigenvalue weighted by atomic mass is 16.5. The molecule has 0 amide bonds. The summed E-state index contributed by atoms with van der Waals surface area (Å²) in [5.74, 6) is 2.94. The molecule has 3 aromatic carbocycles. The summed E-state index contributed by atoms with van der Waals surface area (Å²) >= 11 is 0. The fourth-order valence-electron chi connectivity index (χ4n) is 3.85. The van der Waals surface area contributed by atoms with Gasteiger partial charge < -0.3 is 19.4 Å². The molecule has 5 aromatic rings. The number of para-hydroxylation sites is 1. The molecule has 0 bridgehead atoms. The standard InChI is InChI=1S/C25H22N4O2/c1-30-22-13-19-20(14-23(22)31-2)26-16-27-25(19)28-24-12-18-10-6-7-11-21(18)29(24)15-17-8-4-3-5-9-17/h3-14,16H,15H2,1-2H3,(H,26,27,28). The Balaban J connectivity index is 1.62. The highest BCUT2D eigenvalue weighted by Crippen LogP contribution is 2.35. The van der Waals surface area contributed by atoms with E-state index >= 15 is 0 Å². The van der Waals surface area contributed by atoms with Crippen molar-refractivity contribution in [1.29, 1.82) is 0 Å². The van der Waals surface area contributed by atoms with Crippen LogP contribution in [0.5, 0.6) is 11.5 Å². The molecular formula is C25H22N4O2. The maximum absolute atomic E-state index is 5.49. The van der Waals surface area contributed by atoms with Gasteiger partial charge in [-0.25, -0.2) is 9.97 Å². The molecule has 0 fully saturated rings. The monoisotopic (exact) mass is 410 g/mol. The van der Waals surface area contributed by atoms with Gasteiger partial charge in [0.05, 0.1) is 25.3 Å². The molecule has 0 spiro atoms. The second kappa shape index (κ2) is 7.99. The fraction of sp³-hybridized carbons (Fsp3) is 0.120. The zero-order valence-corrected chi connectivity index (χ0v) is 17.4. The zero-order valence-electron chi connectivity index (χ0n) is 17.4. The smallest absolute Gasteiger partial charge is 0.162 e. The van der Waals surface area contributed by atoms with Crippen LogP contribution in [0.25, 0.3) is 21.8 Å². The SMILES string of the molecule is COc1cc2ncnc(Nc3cc4ccccc4n3Cc3ccccc3)c2cc1OC. The van der Waals surface area contributed by atoms with Crippen LogP contribution in [0, 0.1) is 0 Å². The van der Waals surface area contributed by atoms with Crippen LogP contribution in [0.2, 0.25) is 0 Å². The molecule has 0 aliphatic rings. The van der Waals surface area contributed by atoms with E-state index in [1.165, 1.54) is 10.9 Å². The van der Waals surface area contributed by atoms with E-state index in [0.29, 0.717) is 17.3 Å². The van der Waals surface area contributed by atoms with Crippen LogP contribution < -0.4 is 14.8 Å². The molecular weight excluding hydrogens is 388 g/mol. The summed E-state index contributed by atoms with van der Waals surface area (Å²) in [4.78, 5) is 8.93. The summed E-state index contributed by atoms with van der Waals surface area (Å²) in [6.07, 6.45) is 1.56. The number of ether oxygens (including phenoxy) is 2. The van der Waals surface area contributed by atoms with E-state index < -0.39 is 0 Å². The Labute approximate surface area is 180 Å². The normalized spacial score (nSPS) is 11.0. The van der Waals surface area contributed by atoms with Crippen molar-refractivity contribution in [3.63, 3.8) is 0 Å². The fourth-order valence-corrected chi connectivity index (χ4v) is 3.85. The molecule has 31 heavy (non-hydrogen) atoms. The van der Waals surface area contributed by atoms with Gasteiger partial charge in [-0.3, -0.25) is 0 Å². The molecule has 0 unspecified atom stereocenters. The van der Waals surface area contributed by atoms with Gasteiger partial charge in [-0.05, 0) is 23.8 Å². The first-order valence-electron chi connectivity index (χ1n) is 10.0. The van der Waals surface area contributed by atoms with E-state index in [9.17, 15) is 0 Å².